The van der Waals surface area contributed by atoms with Crippen molar-refractivity contribution in [2.75, 3.05) is 11.9 Å². The van der Waals surface area contributed by atoms with Gasteiger partial charge in [-0.25, -0.2) is 0 Å². The molecule has 20 heavy (non-hydrogen) atoms. The molecule has 0 radical (unpaired) electrons. The van der Waals surface area contributed by atoms with Crippen LogP contribution in [0, 0.1) is 6.92 Å². The van der Waals surface area contributed by atoms with Crippen molar-refractivity contribution in [3.8, 4) is 5.75 Å². The lowest BCUT2D eigenvalue weighted by Crippen LogP contribution is -2.20. The average molecular weight is 274 g/mol. The van der Waals surface area contributed by atoms with E-state index in [2.05, 4.69) is 10.5 Å². The van der Waals surface area contributed by atoms with Gasteiger partial charge >= 0.3 is 0 Å². The van der Waals surface area contributed by atoms with Crippen LogP contribution in [0.4, 0.5) is 5.82 Å². The van der Waals surface area contributed by atoms with Crippen molar-refractivity contribution in [1.82, 2.24) is 5.16 Å². The normalized spacial score (nSPS) is 10.1. The number of carbonyl (C=O) groups is 2. The summed E-state index contributed by atoms with van der Waals surface area (Å²) in [5.41, 5.74) is 0.537. The number of ether oxygens (including phenoxy) is 1. The molecular formula is C14H14N2O4. The molecule has 6 nitrogen and oxygen atoms in total. The number of aryl methyl sites for hydroxylation is 1. The van der Waals surface area contributed by atoms with E-state index in [9.17, 15) is 9.59 Å². The molecule has 0 bridgehead atoms. The minimum Gasteiger partial charge on any atom is -0.484 e. The first-order chi connectivity index (χ1) is 9.54. The smallest absolute Gasteiger partial charge is 0.263 e. The molecule has 1 heterocycles. The van der Waals surface area contributed by atoms with Crippen molar-refractivity contribution in [2.45, 2.75) is 13.8 Å². The van der Waals surface area contributed by atoms with Gasteiger partial charge in [0.1, 0.15) is 11.5 Å². The summed E-state index contributed by atoms with van der Waals surface area (Å²) in [5, 5.41) is 6.18. The Hall–Kier alpha value is -2.63. The topological polar surface area (TPSA) is 81.4 Å². The molecule has 1 aromatic carbocycles. The zero-order valence-electron chi connectivity index (χ0n) is 11.2. The van der Waals surface area contributed by atoms with E-state index in [0.29, 0.717) is 22.9 Å². The minimum absolute atomic E-state index is 0.0574. The van der Waals surface area contributed by atoms with Gasteiger partial charge in [0.25, 0.3) is 5.91 Å². The first kappa shape index (κ1) is 13.8. The van der Waals surface area contributed by atoms with E-state index >= 15 is 0 Å². The van der Waals surface area contributed by atoms with Crippen molar-refractivity contribution in [3.63, 3.8) is 0 Å². The predicted molar refractivity (Wildman–Crippen MR) is 71.8 cm³/mol. The van der Waals surface area contributed by atoms with Crippen LogP contribution in [0.2, 0.25) is 0 Å². The van der Waals surface area contributed by atoms with Crippen molar-refractivity contribution in [2.24, 2.45) is 0 Å². The van der Waals surface area contributed by atoms with Gasteiger partial charge in [-0.3, -0.25) is 9.59 Å². The Morgan fingerprint density at radius 2 is 2.15 bits per heavy atom. The summed E-state index contributed by atoms with van der Waals surface area (Å²) in [6.07, 6.45) is 0. The number of nitrogens with zero attached hydrogens (tertiary/aromatic N) is 1. The number of aromatic nitrogens is 1. The molecule has 1 N–H and O–H groups in total. The largest absolute Gasteiger partial charge is 0.484 e. The first-order valence-electron chi connectivity index (χ1n) is 6.01. The number of amides is 1. The fourth-order valence-corrected chi connectivity index (χ4v) is 1.56. The van der Waals surface area contributed by atoms with Crippen molar-refractivity contribution in [3.05, 3.63) is 41.7 Å². The van der Waals surface area contributed by atoms with Crippen LogP contribution >= 0.6 is 0 Å². The molecule has 0 aliphatic carbocycles. The van der Waals surface area contributed by atoms with Crippen molar-refractivity contribution < 1.29 is 18.8 Å². The van der Waals surface area contributed by atoms with Crippen LogP contribution in [0.3, 0.4) is 0 Å². The fourth-order valence-electron chi connectivity index (χ4n) is 1.56. The Balaban J connectivity index is 1.90. The maximum Gasteiger partial charge on any atom is 0.263 e. The summed E-state index contributed by atoms with van der Waals surface area (Å²) in [6, 6.07) is 8.27. The van der Waals surface area contributed by atoms with E-state index in [1.54, 1.807) is 37.3 Å². The summed E-state index contributed by atoms with van der Waals surface area (Å²) in [4.78, 5) is 22.9. The molecule has 2 aromatic rings. The van der Waals surface area contributed by atoms with Gasteiger partial charge in [-0.05, 0) is 26.0 Å². The highest BCUT2D eigenvalue weighted by molar-refractivity contribution is 5.94. The van der Waals surface area contributed by atoms with Crippen molar-refractivity contribution >= 4 is 17.5 Å². The van der Waals surface area contributed by atoms with Crippen LogP contribution in [0.5, 0.6) is 5.75 Å². The molecular weight excluding hydrogens is 260 g/mol. The van der Waals surface area contributed by atoms with Gasteiger partial charge in [-0.1, -0.05) is 17.3 Å². The van der Waals surface area contributed by atoms with Gasteiger partial charge in [0.05, 0.1) is 0 Å². The van der Waals surface area contributed by atoms with E-state index in [1.807, 2.05) is 0 Å². The van der Waals surface area contributed by atoms with Gasteiger partial charge < -0.3 is 14.6 Å². The highest BCUT2D eigenvalue weighted by Gasteiger charge is 2.08. The number of benzene rings is 1. The Labute approximate surface area is 115 Å². The Morgan fingerprint density at radius 3 is 2.80 bits per heavy atom. The molecule has 0 unspecified atom stereocenters. The van der Waals surface area contributed by atoms with E-state index < -0.39 is 0 Å². The monoisotopic (exact) mass is 274 g/mol. The average Bonchev–Trinajstić information content (AvgIpc) is 2.82. The van der Waals surface area contributed by atoms with E-state index in [-0.39, 0.29) is 18.3 Å². The minimum atomic E-state index is -0.355. The lowest BCUT2D eigenvalue weighted by Gasteiger charge is -2.06. The molecule has 0 spiro atoms. The summed E-state index contributed by atoms with van der Waals surface area (Å²) in [7, 11) is 0. The van der Waals surface area contributed by atoms with Gasteiger partial charge in [0.15, 0.2) is 18.2 Å². The van der Waals surface area contributed by atoms with Crippen LogP contribution in [-0.2, 0) is 4.79 Å². The van der Waals surface area contributed by atoms with Crippen LogP contribution in [-0.4, -0.2) is 23.5 Å². The number of ketones is 1. The maximum absolute atomic E-state index is 11.6. The second-order valence-corrected chi connectivity index (χ2v) is 4.24. The summed E-state index contributed by atoms with van der Waals surface area (Å²) in [5.74, 6) is 0.998. The zero-order valence-corrected chi connectivity index (χ0v) is 11.2. The number of carbonyl (C=O) groups excluding carboxylic acids is 2. The third kappa shape index (κ3) is 3.68. The fraction of sp³-hybridized carbons (Fsp3) is 0.214. The molecule has 0 atom stereocenters. The molecule has 2 rings (SSSR count). The van der Waals surface area contributed by atoms with Crippen LogP contribution in [0.25, 0.3) is 0 Å². The molecule has 0 saturated carbocycles. The van der Waals surface area contributed by atoms with E-state index in [0.717, 1.165) is 0 Å². The maximum atomic E-state index is 11.6. The second-order valence-electron chi connectivity index (χ2n) is 4.24. The number of Topliss-reactive ketones (excluding diaryl/α,β-unsaturated/α-hetero) is 1. The standard InChI is InChI=1S/C14H14N2O4/c1-9-6-13(16-20-9)15-14(18)8-19-12-5-3-4-11(7-12)10(2)17/h3-7H,8H2,1-2H3,(H,15,16,18). The Bertz CT molecular complexity index is 634. The predicted octanol–water partition coefficient (Wildman–Crippen LogP) is 2.20. The van der Waals surface area contributed by atoms with E-state index in [4.69, 9.17) is 9.26 Å². The van der Waals surface area contributed by atoms with Crippen LogP contribution in [0.1, 0.15) is 23.0 Å². The summed E-state index contributed by atoms with van der Waals surface area (Å²) in [6.45, 7) is 3.03. The molecule has 0 aliphatic heterocycles. The highest BCUT2D eigenvalue weighted by Crippen LogP contribution is 2.14. The summed E-state index contributed by atoms with van der Waals surface area (Å²) >= 11 is 0. The lowest BCUT2D eigenvalue weighted by molar-refractivity contribution is -0.118. The van der Waals surface area contributed by atoms with Crippen molar-refractivity contribution in [1.29, 1.82) is 0 Å². The number of anilines is 1. The molecule has 0 saturated heterocycles. The summed E-state index contributed by atoms with van der Waals surface area (Å²) < 4.78 is 10.1. The van der Waals surface area contributed by atoms with E-state index in [1.165, 1.54) is 6.92 Å². The highest BCUT2D eigenvalue weighted by atomic mass is 16.5. The number of hydrogen-bond donors (Lipinski definition) is 1. The zero-order chi connectivity index (χ0) is 14.5. The SMILES string of the molecule is CC(=O)c1cccc(OCC(=O)Nc2cc(C)on2)c1. The molecule has 1 aromatic heterocycles. The third-order valence-corrected chi connectivity index (χ3v) is 2.51. The van der Waals surface area contributed by atoms with Crippen LogP contribution < -0.4 is 10.1 Å². The van der Waals surface area contributed by atoms with Gasteiger partial charge in [-0.15, -0.1) is 0 Å². The molecule has 1 amide bonds. The molecule has 6 heteroatoms. The lowest BCUT2D eigenvalue weighted by atomic mass is 10.1. The van der Waals surface area contributed by atoms with Gasteiger partial charge in [0.2, 0.25) is 0 Å². The molecule has 0 fully saturated rings. The van der Waals surface area contributed by atoms with Gasteiger partial charge in [-0.2, -0.15) is 0 Å². The molecule has 104 valence electrons. The number of hydrogen-bond acceptors (Lipinski definition) is 5. The van der Waals surface area contributed by atoms with Crippen LogP contribution in [0.15, 0.2) is 34.9 Å². The second kappa shape index (κ2) is 6.01. The quantitative estimate of drug-likeness (QED) is 0.845. The third-order valence-electron chi connectivity index (χ3n) is 2.51. The van der Waals surface area contributed by atoms with Gasteiger partial charge in [0, 0.05) is 11.6 Å². The number of nitrogens with one attached hydrogen (secondary N) is 1. The molecule has 0 aliphatic rings. The Morgan fingerprint density at radius 1 is 1.35 bits per heavy atom. The number of rotatable bonds is 5. The Kier molecular flexibility index (Phi) is 4.14. The first-order valence-corrected chi connectivity index (χ1v) is 6.01.